The number of aliphatic hydroxyl groups excluding tert-OH is 1. The number of rotatable bonds is 5. The van der Waals surface area contributed by atoms with Gasteiger partial charge in [0.25, 0.3) is 5.69 Å². The number of benzene rings is 1. The fraction of sp³-hybridized carbons (Fsp3) is 0.400. The summed E-state index contributed by atoms with van der Waals surface area (Å²) in [6.07, 6.45) is -4.57. The lowest BCUT2D eigenvalue weighted by Crippen LogP contribution is -2.36. The Balaban J connectivity index is 3.11. The number of hydrogen-bond acceptors (Lipinski definition) is 4. The summed E-state index contributed by atoms with van der Waals surface area (Å²) in [5.74, 6) is -1.02. The average Bonchev–Trinajstić information content (AvgIpc) is 2.25. The van der Waals surface area contributed by atoms with Crippen LogP contribution in [0.2, 0.25) is 0 Å². The predicted octanol–water partition coefficient (Wildman–Crippen LogP) is 2.09. The fourth-order valence-electron chi connectivity index (χ4n) is 1.48. The van der Waals surface area contributed by atoms with Gasteiger partial charge in [-0.25, -0.2) is 4.39 Å². The average molecular weight is 282 g/mol. The molecule has 0 unspecified atom stereocenters. The highest BCUT2D eigenvalue weighted by molar-refractivity contribution is 5.53. The largest absolute Gasteiger partial charge is 0.405 e. The van der Waals surface area contributed by atoms with Crippen molar-refractivity contribution in [1.29, 1.82) is 0 Å². The summed E-state index contributed by atoms with van der Waals surface area (Å²) in [7, 11) is 0. The topological polar surface area (TPSA) is 66.6 Å². The number of alkyl halides is 3. The molecule has 106 valence electrons. The maximum atomic E-state index is 13.1. The van der Waals surface area contributed by atoms with Crippen LogP contribution in [0, 0.1) is 15.9 Å². The predicted molar refractivity (Wildman–Crippen MR) is 58.4 cm³/mol. The van der Waals surface area contributed by atoms with Gasteiger partial charge in [-0.15, -0.1) is 0 Å². The third kappa shape index (κ3) is 4.70. The molecule has 0 aromatic heterocycles. The van der Waals surface area contributed by atoms with Gasteiger partial charge in [0.1, 0.15) is 12.4 Å². The Hall–Kier alpha value is -1.90. The van der Waals surface area contributed by atoms with Crippen LogP contribution in [0.25, 0.3) is 0 Å². The number of anilines is 1. The zero-order chi connectivity index (χ0) is 14.6. The van der Waals surface area contributed by atoms with Crippen molar-refractivity contribution in [3.63, 3.8) is 0 Å². The molecule has 0 heterocycles. The Bertz CT molecular complexity index is 465. The maximum Gasteiger partial charge on any atom is 0.405 e. The molecule has 0 aliphatic heterocycles. The van der Waals surface area contributed by atoms with Gasteiger partial charge in [0.2, 0.25) is 0 Å². The molecule has 1 rings (SSSR count). The van der Waals surface area contributed by atoms with Crippen molar-refractivity contribution in [3.05, 3.63) is 34.1 Å². The molecule has 1 N–H and O–H groups in total. The van der Waals surface area contributed by atoms with Gasteiger partial charge in [-0.1, -0.05) is 0 Å². The van der Waals surface area contributed by atoms with Gasteiger partial charge in [0.15, 0.2) is 0 Å². The highest BCUT2D eigenvalue weighted by Gasteiger charge is 2.31. The lowest BCUT2D eigenvalue weighted by atomic mass is 10.2. The summed E-state index contributed by atoms with van der Waals surface area (Å²) in [6.45, 7) is -2.45. The van der Waals surface area contributed by atoms with E-state index in [9.17, 15) is 27.7 Å². The SMILES string of the molecule is O=[N+]([O-])c1cc(F)cc(N(CCO)CC(F)(F)F)c1. The van der Waals surface area contributed by atoms with Crippen LogP contribution < -0.4 is 4.90 Å². The van der Waals surface area contributed by atoms with E-state index in [2.05, 4.69) is 0 Å². The molecule has 0 radical (unpaired) electrons. The molecule has 5 nitrogen and oxygen atoms in total. The molecule has 0 saturated heterocycles. The molecular weight excluding hydrogens is 272 g/mol. The van der Waals surface area contributed by atoms with E-state index in [0.717, 1.165) is 12.1 Å². The zero-order valence-corrected chi connectivity index (χ0v) is 9.52. The van der Waals surface area contributed by atoms with Crippen molar-refractivity contribution >= 4 is 11.4 Å². The highest BCUT2D eigenvalue weighted by Crippen LogP contribution is 2.26. The number of nitro benzene ring substituents is 1. The van der Waals surface area contributed by atoms with Crippen LogP contribution in [0.1, 0.15) is 0 Å². The molecule has 0 aliphatic rings. The Morgan fingerprint density at radius 3 is 2.42 bits per heavy atom. The first-order chi connectivity index (χ1) is 8.73. The third-order valence-electron chi connectivity index (χ3n) is 2.18. The molecule has 1 aromatic rings. The normalized spacial score (nSPS) is 11.4. The van der Waals surface area contributed by atoms with Crippen molar-refractivity contribution < 1.29 is 27.6 Å². The van der Waals surface area contributed by atoms with Gasteiger partial charge < -0.3 is 10.0 Å². The quantitative estimate of drug-likeness (QED) is 0.510. The van der Waals surface area contributed by atoms with Crippen molar-refractivity contribution in [2.45, 2.75) is 6.18 Å². The van der Waals surface area contributed by atoms with Crippen LogP contribution >= 0.6 is 0 Å². The van der Waals surface area contributed by atoms with Crippen LogP contribution in [0.4, 0.5) is 28.9 Å². The zero-order valence-electron chi connectivity index (χ0n) is 9.52. The van der Waals surface area contributed by atoms with E-state index in [1.54, 1.807) is 0 Å². The number of nitro groups is 1. The van der Waals surface area contributed by atoms with E-state index >= 15 is 0 Å². The third-order valence-corrected chi connectivity index (χ3v) is 2.18. The molecule has 0 fully saturated rings. The van der Waals surface area contributed by atoms with Crippen LogP contribution in [0.3, 0.4) is 0 Å². The van der Waals surface area contributed by atoms with Crippen molar-refractivity contribution in [1.82, 2.24) is 0 Å². The fourth-order valence-corrected chi connectivity index (χ4v) is 1.48. The minimum absolute atomic E-state index is 0.307. The van der Waals surface area contributed by atoms with Crippen molar-refractivity contribution in [2.24, 2.45) is 0 Å². The molecule has 0 atom stereocenters. The van der Waals surface area contributed by atoms with Gasteiger partial charge in [-0.2, -0.15) is 13.2 Å². The minimum Gasteiger partial charge on any atom is -0.395 e. The smallest absolute Gasteiger partial charge is 0.395 e. The molecule has 0 bridgehead atoms. The Morgan fingerprint density at radius 1 is 1.32 bits per heavy atom. The number of nitrogens with zero attached hydrogens (tertiary/aromatic N) is 2. The molecule has 9 heteroatoms. The second kappa shape index (κ2) is 5.83. The number of hydrogen-bond donors (Lipinski definition) is 1. The minimum atomic E-state index is -4.57. The van der Waals surface area contributed by atoms with Gasteiger partial charge in [0, 0.05) is 18.3 Å². The molecule has 1 aromatic carbocycles. The Morgan fingerprint density at radius 2 is 1.95 bits per heavy atom. The van der Waals surface area contributed by atoms with E-state index in [1.807, 2.05) is 0 Å². The summed E-state index contributed by atoms with van der Waals surface area (Å²) >= 11 is 0. The molecular formula is C10H10F4N2O3. The van der Waals surface area contributed by atoms with Crippen LogP contribution in [-0.2, 0) is 0 Å². The van der Waals surface area contributed by atoms with Crippen molar-refractivity contribution in [3.8, 4) is 0 Å². The van der Waals surface area contributed by atoms with Gasteiger partial charge in [0.05, 0.1) is 17.6 Å². The summed E-state index contributed by atoms with van der Waals surface area (Å²) in [4.78, 5) is 10.2. The molecule has 0 spiro atoms. The maximum absolute atomic E-state index is 13.1. The second-order valence-electron chi connectivity index (χ2n) is 3.69. The highest BCUT2D eigenvalue weighted by atomic mass is 19.4. The van der Waals surface area contributed by atoms with Crippen molar-refractivity contribution in [2.75, 3.05) is 24.6 Å². The van der Waals surface area contributed by atoms with Gasteiger partial charge >= 0.3 is 6.18 Å². The lowest BCUT2D eigenvalue weighted by molar-refractivity contribution is -0.385. The molecule has 0 aliphatic carbocycles. The monoisotopic (exact) mass is 282 g/mol. The summed E-state index contributed by atoms with van der Waals surface area (Å²) in [5, 5.41) is 19.2. The molecule has 0 saturated carbocycles. The van der Waals surface area contributed by atoms with E-state index in [-0.39, 0.29) is 5.69 Å². The van der Waals surface area contributed by atoms with E-state index < -0.39 is 42.3 Å². The summed E-state index contributed by atoms with van der Waals surface area (Å²) in [5.41, 5.74) is -0.960. The lowest BCUT2D eigenvalue weighted by Gasteiger charge is -2.24. The van der Waals surface area contributed by atoms with E-state index in [1.165, 1.54) is 0 Å². The van der Waals surface area contributed by atoms with Gasteiger partial charge in [-0.05, 0) is 6.07 Å². The number of halogens is 4. The van der Waals surface area contributed by atoms with E-state index in [4.69, 9.17) is 5.11 Å². The number of non-ortho nitro benzene ring substituents is 1. The second-order valence-corrected chi connectivity index (χ2v) is 3.69. The van der Waals surface area contributed by atoms with Crippen LogP contribution in [0.5, 0.6) is 0 Å². The summed E-state index contributed by atoms with van der Waals surface area (Å²) < 4.78 is 50.1. The number of aliphatic hydroxyl groups is 1. The van der Waals surface area contributed by atoms with Crippen LogP contribution in [0.15, 0.2) is 18.2 Å². The first kappa shape index (κ1) is 15.2. The van der Waals surface area contributed by atoms with Crippen LogP contribution in [-0.4, -0.2) is 35.9 Å². The Kier molecular flexibility index (Phi) is 4.65. The first-order valence-corrected chi connectivity index (χ1v) is 5.10. The van der Waals surface area contributed by atoms with E-state index in [0.29, 0.717) is 11.0 Å². The standard InChI is InChI=1S/C10H10F4N2O3/c11-7-3-8(5-9(4-7)16(18)19)15(1-2-17)6-10(12,13)14/h3-5,17H,1-2,6H2. The Labute approximate surface area is 105 Å². The molecule has 0 amide bonds. The first-order valence-electron chi connectivity index (χ1n) is 5.10. The molecule has 19 heavy (non-hydrogen) atoms. The summed E-state index contributed by atoms with van der Waals surface area (Å²) in [6, 6.07) is 2.17. The van der Waals surface area contributed by atoms with Gasteiger partial charge in [-0.3, -0.25) is 10.1 Å².